The highest BCUT2D eigenvalue weighted by Gasteiger charge is 2.28. The van der Waals surface area contributed by atoms with Crippen molar-refractivity contribution in [2.24, 2.45) is 5.92 Å². The van der Waals surface area contributed by atoms with Crippen molar-refractivity contribution in [1.82, 2.24) is 20.2 Å². The van der Waals surface area contributed by atoms with Crippen LogP contribution < -0.4 is 0 Å². The number of rotatable bonds is 4. The van der Waals surface area contributed by atoms with Crippen LogP contribution in [0.2, 0.25) is 0 Å². The highest BCUT2D eigenvalue weighted by molar-refractivity contribution is 5.70. The van der Waals surface area contributed by atoms with E-state index in [0.29, 0.717) is 19.3 Å². The largest absolute Gasteiger partial charge is 0.481 e. The number of H-pyrrole nitrogens is 1. The van der Waals surface area contributed by atoms with Crippen molar-refractivity contribution in [3.8, 4) is 0 Å². The Morgan fingerprint density at radius 1 is 1.17 bits per heavy atom. The molecule has 0 radical (unpaired) electrons. The molecule has 122 valence electrons. The third kappa shape index (κ3) is 3.75. The number of aromatic nitrogens is 4. The summed E-state index contributed by atoms with van der Waals surface area (Å²) >= 11 is 0. The van der Waals surface area contributed by atoms with Crippen LogP contribution in [0.1, 0.15) is 60.2 Å². The number of carboxylic acid groups (broad SMARTS) is 1. The average molecular weight is 314 g/mol. The van der Waals surface area contributed by atoms with E-state index in [-0.39, 0.29) is 11.8 Å². The lowest BCUT2D eigenvalue weighted by molar-refractivity contribution is -0.142. The Bertz CT molecular complexity index is 702. The maximum atomic E-state index is 11.1. The van der Waals surface area contributed by atoms with Gasteiger partial charge in [-0.15, -0.1) is 0 Å². The Labute approximate surface area is 135 Å². The molecule has 0 saturated heterocycles. The first-order valence-electron chi connectivity index (χ1n) is 8.09. The number of aromatic amines is 1. The second kappa shape index (κ2) is 6.48. The molecule has 0 bridgehead atoms. The molecule has 2 aromatic rings. The Morgan fingerprint density at radius 2 is 1.91 bits per heavy atom. The lowest BCUT2D eigenvalue weighted by Crippen LogP contribution is -2.22. The molecule has 0 spiro atoms. The van der Waals surface area contributed by atoms with E-state index < -0.39 is 5.97 Å². The van der Waals surface area contributed by atoms with Crippen LogP contribution in [0.25, 0.3) is 0 Å². The van der Waals surface area contributed by atoms with Crippen molar-refractivity contribution >= 4 is 5.97 Å². The molecule has 6 heteroatoms. The van der Waals surface area contributed by atoms with Gasteiger partial charge in [-0.1, -0.05) is 0 Å². The molecule has 0 atom stereocenters. The molecule has 2 aromatic heterocycles. The van der Waals surface area contributed by atoms with E-state index in [1.54, 1.807) is 0 Å². The normalized spacial score (nSPS) is 21.3. The van der Waals surface area contributed by atoms with E-state index in [0.717, 1.165) is 41.4 Å². The molecular weight excluding hydrogens is 292 g/mol. The van der Waals surface area contributed by atoms with Crippen LogP contribution in [0, 0.1) is 19.8 Å². The summed E-state index contributed by atoms with van der Waals surface area (Å²) in [7, 11) is 0. The van der Waals surface area contributed by atoms with Crippen LogP contribution >= 0.6 is 0 Å². The summed E-state index contributed by atoms with van der Waals surface area (Å²) in [6, 6.07) is 4.02. The van der Waals surface area contributed by atoms with Gasteiger partial charge < -0.3 is 5.11 Å². The van der Waals surface area contributed by atoms with Gasteiger partial charge in [0.2, 0.25) is 0 Å². The minimum atomic E-state index is -0.678. The van der Waals surface area contributed by atoms with Crippen LogP contribution in [0.3, 0.4) is 0 Å². The van der Waals surface area contributed by atoms with E-state index in [9.17, 15) is 4.79 Å². The smallest absolute Gasteiger partial charge is 0.306 e. The molecular formula is C17H22N4O2. The summed E-state index contributed by atoms with van der Waals surface area (Å²) in [6.45, 7) is 3.96. The number of carbonyl (C=O) groups is 1. The van der Waals surface area contributed by atoms with Gasteiger partial charge in [0, 0.05) is 23.7 Å². The number of aryl methyl sites for hydroxylation is 2. The van der Waals surface area contributed by atoms with Crippen molar-refractivity contribution in [2.45, 2.75) is 51.9 Å². The van der Waals surface area contributed by atoms with Gasteiger partial charge in [0.05, 0.1) is 17.3 Å². The SMILES string of the molecule is Cc1cc(Cc2cc(C)[nH]n2)nc(C2CCC(C(=O)O)CC2)n1. The fraction of sp³-hybridized carbons (Fsp3) is 0.529. The first kappa shape index (κ1) is 15.6. The van der Waals surface area contributed by atoms with Gasteiger partial charge in [-0.05, 0) is 51.7 Å². The van der Waals surface area contributed by atoms with Crippen LogP contribution in [0.4, 0.5) is 0 Å². The van der Waals surface area contributed by atoms with Crippen LogP contribution in [-0.4, -0.2) is 31.2 Å². The van der Waals surface area contributed by atoms with Gasteiger partial charge in [0.25, 0.3) is 0 Å². The van der Waals surface area contributed by atoms with Gasteiger partial charge in [-0.3, -0.25) is 9.89 Å². The monoisotopic (exact) mass is 314 g/mol. The molecule has 1 aliphatic carbocycles. The van der Waals surface area contributed by atoms with Crippen molar-refractivity contribution in [2.75, 3.05) is 0 Å². The topological polar surface area (TPSA) is 91.8 Å². The maximum absolute atomic E-state index is 11.1. The Hall–Kier alpha value is -2.24. The van der Waals surface area contributed by atoms with Gasteiger partial charge >= 0.3 is 5.97 Å². The van der Waals surface area contributed by atoms with E-state index in [2.05, 4.69) is 15.2 Å². The van der Waals surface area contributed by atoms with Gasteiger partial charge in [-0.2, -0.15) is 5.10 Å². The summed E-state index contributed by atoms with van der Waals surface area (Å²) in [4.78, 5) is 20.4. The molecule has 1 aliphatic rings. The standard InChI is InChI=1S/C17H22N4O2/c1-10-7-14(9-15-8-11(2)20-21-15)19-16(18-10)12-3-5-13(6-4-12)17(22)23/h7-8,12-13H,3-6,9H2,1-2H3,(H,20,21)(H,22,23). The summed E-state index contributed by atoms with van der Waals surface area (Å²) in [5, 5.41) is 16.3. The lowest BCUT2D eigenvalue weighted by Gasteiger charge is -2.25. The average Bonchev–Trinajstić information content (AvgIpc) is 2.92. The second-order valence-corrected chi connectivity index (χ2v) is 6.46. The third-order valence-electron chi connectivity index (χ3n) is 4.49. The van der Waals surface area contributed by atoms with Crippen molar-refractivity contribution in [1.29, 1.82) is 0 Å². The molecule has 3 rings (SSSR count). The summed E-state index contributed by atoms with van der Waals surface area (Å²) in [6.07, 6.45) is 3.81. The fourth-order valence-corrected chi connectivity index (χ4v) is 3.28. The zero-order chi connectivity index (χ0) is 16.4. The van der Waals surface area contributed by atoms with Gasteiger partial charge in [0.15, 0.2) is 0 Å². The van der Waals surface area contributed by atoms with Crippen LogP contribution in [-0.2, 0) is 11.2 Å². The molecule has 0 aromatic carbocycles. The molecule has 6 nitrogen and oxygen atoms in total. The lowest BCUT2D eigenvalue weighted by atomic mass is 9.81. The zero-order valence-corrected chi connectivity index (χ0v) is 13.5. The maximum Gasteiger partial charge on any atom is 0.306 e. The first-order chi connectivity index (χ1) is 11.0. The molecule has 0 amide bonds. The highest BCUT2D eigenvalue weighted by atomic mass is 16.4. The predicted molar refractivity (Wildman–Crippen MR) is 85.2 cm³/mol. The van der Waals surface area contributed by atoms with Gasteiger partial charge in [-0.25, -0.2) is 9.97 Å². The Balaban J connectivity index is 1.74. The summed E-state index contributed by atoms with van der Waals surface area (Å²) in [5.74, 6) is 0.243. The quantitative estimate of drug-likeness (QED) is 0.905. The van der Waals surface area contributed by atoms with E-state index in [1.807, 2.05) is 26.0 Å². The number of hydrogen-bond donors (Lipinski definition) is 2. The van der Waals surface area contributed by atoms with E-state index in [4.69, 9.17) is 10.1 Å². The fourth-order valence-electron chi connectivity index (χ4n) is 3.28. The summed E-state index contributed by atoms with van der Waals surface area (Å²) < 4.78 is 0. The van der Waals surface area contributed by atoms with Crippen molar-refractivity contribution in [3.63, 3.8) is 0 Å². The molecule has 23 heavy (non-hydrogen) atoms. The molecule has 0 aliphatic heterocycles. The molecule has 1 fully saturated rings. The molecule has 2 heterocycles. The summed E-state index contributed by atoms with van der Waals surface area (Å²) in [5.41, 5.74) is 3.94. The number of hydrogen-bond acceptors (Lipinski definition) is 4. The Kier molecular flexibility index (Phi) is 4.41. The van der Waals surface area contributed by atoms with Crippen LogP contribution in [0.15, 0.2) is 12.1 Å². The van der Waals surface area contributed by atoms with Crippen LogP contribution in [0.5, 0.6) is 0 Å². The Morgan fingerprint density at radius 3 is 2.52 bits per heavy atom. The number of nitrogens with one attached hydrogen (secondary N) is 1. The zero-order valence-electron chi connectivity index (χ0n) is 13.5. The third-order valence-corrected chi connectivity index (χ3v) is 4.49. The highest BCUT2D eigenvalue weighted by Crippen LogP contribution is 2.34. The minimum absolute atomic E-state index is 0.206. The van der Waals surface area contributed by atoms with Crippen molar-refractivity contribution in [3.05, 3.63) is 40.7 Å². The first-order valence-corrected chi connectivity index (χ1v) is 8.09. The molecule has 0 unspecified atom stereocenters. The van der Waals surface area contributed by atoms with Gasteiger partial charge in [0.1, 0.15) is 5.82 Å². The van der Waals surface area contributed by atoms with E-state index in [1.165, 1.54) is 0 Å². The van der Waals surface area contributed by atoms with E-state index >= 15 is 0 Å². The van der Waals surface area contributed by atoms with Crippen molar-refractivity contribution < 1.29 is 9.90 Å². The number of aliphatic carboxylic acids is 1. The number of carboxylic acids is 1. The molecule has 1 saturated carbocycles. The number of nitrogens with zero attached hydrogens (tertiary/aromatic N) is 3. The minimum Gasteiger partial charge on any atom is -0.481 e. The predicted octanol–water partition coefficient (Wildman–Crippen LogP) is 2.77. The molecule has 2 N–H and O–H groups in total. The second-order valence-electron chi connectivity index (χ2n) is 6.46.